The van der Waals surface area contributed by atoms with E-state index in [0.717, 1.165) is 5.69 Å². The molecule has 0 saturated carbocycles. The van der Waals surface area contributed by atoms with E-state index in [9.17, 15) is 9.59 Å². The molecule has 0 radical (unpaired) electrons. The van der Waals surface area contributed by atoms with Gasteiger partial charge in [-0.05, 0) is 24.3 Å². The van der Waals surface area contributed by atoms with E-state index in [1.165, 1.54) is 11.8 Å². The van der Waals surface area contributed by atoms with Crippen LogP contribution in [0.3, 0.4) is 0 Å². The van der Waals surface area contributed by atoms with E-state index < -0.39 is 11.3 Å². The van der Waals surface area contributed by atoms with E-state index in [2.05, 4.69) is 10.3 Å². The van der Waals surface area contributed by atoms with Crippen LogP contribution in [0.4, 0.5) is 5.69 Å². The van der Waals surface area contributed by atoms with Crippen molar-refractivity contribution in [3.63, 3.8) is 0 Å². The Hall–Kier alpha value is -2.11. The van der Waals surface area contributed by atoms with Gasteiger partial charge in [0.25, 0.3) is 0 Å². The SMILES string of the molecule is O=C1c2ccccc2C(=O)C2SC(Nc3ccc(Cl)cc3)=NC12. The van der Waals surface area contributed by atoms with Crippen LogP contribution in [0.1, 0.15) is 20.7 Å². The number of nitrogens with zero attached hydrogens (tertiary/aromatic N) is 1. The first-order valence-electron chi connectivity index (χ1n) is 7.08. The number of ketones is 2. The van der Waals surface area contributed by atoms with Gasteiger partial charge in [0.05, 0.1) is 0 Å². The Morgan fingerprint density at radius 1 is 0.957 bits per heavy atom. The monoisotopic (exact) mass is 342 g/mol. The van der Waals surface area contributed by atoms with Gasteiger partial charge >= 0.3 is 0 Å². The predicted molar refractivity (Wildman–Crippen MR) is 92.8 cm³/mol. The molecule has 2 aromatic carbocycles. The van der Waals surface area contributed by atoms with Crippen molar-refractivity contribution in [2.75, 3.05) is 5.32 Å². The minimum absolute atomic E-state index is 0.0353. The lowest BCUT2D eigenvalue weighted by Crippen LogP contribution is -2.39. The Kier molecular flexibility index (Phi) is 3.47. The molecule has 2 atom stereocenters. The number of fused-ring (bicyclic) bond motifs is 2. The summed E-state index contributed by atoms with van der Waals surface area (Å²) in [4.78, 5) is 29.6. The number of rotatable bonds is 1. The number of benzene rings is 2. The second-order valence-corrected chi connectivity index (χ2v) is 6.89. The molecule has 2 aliphatic rings. The first kappa shape index (κ1) is 14.5. The second kappa shape index (κ2) is 5.51. The lowest BCUT2D eigenvalue weighted by atomic mass is 9.86. The fourth-order valence-corrected chi connectivity index (χ4v) is 4.01. The molecule has 0 aromatic heterocycles. The number of hydrogen-bond donors (Lipinski definition) is 1. The van der Waals surface area contributed by atoms with E-state index in [-0.39, 0.29) is 11.6 Å². The van der Waals surface area contributed by atoms with Crippen LogP contribution in [0, 0.1) is 0 Å². The molecule has 1 aliphatic heterocycles. The third-order valence-corrected chi connectivity index (χ3v) is 5.27. The summed E-state index contributed by atoms with van der Waals surface area (Å²) in [6.45, 7) is 0. The van der Waals surface area contributed by atoms with E-state index in [1.807, 2.05) is 12.1 Å². The van der Waals surface area contributed by atoms with Gasteiger partial charge in [-0.15, -0.1) is 0 Å². The smallest absolute Gasteiger partial charge is 0.189 e. The number of aliphatic imine (C=N–C) groups is 1. The lowest BCUT2D eigenvalue weighted by Gasteiger charge is -2.22. The zero-order chi connectivity index (χ0) is 16.0. The van der Waals surface area contributed by atoms with Crippen molar-refractivity contribution in [2.24, 2.45) is 4.99 Å². The zero-order valence-corrected chi connectivity index (χ0v) is 13.4. The zero-order valence-electron chi connectivity index (χ0n) is 11.8. The molecule has 4 nitrogen and oxygen atoms in total. The summed E-state index contributed by atoms with van der Waals surface area (Å²) < 4.78 is 0. The van der Waals surface area contributed by atoms with Crippen LogP contribution in [-0.4, -0.2) is 28.0 Å². The first-order chi connectivity index (χ1) is 11.1. The van der Waals surface area contributed by atoms with Crippen LogP contribution >= 0.6 is 23.4 Å². The number of carbonyl (C=O) groups excluding carboxylic acids is 2. The largest absolute Gasteiger partial charge is 0.335 e. The molecular weight excluding hydrogens is 332 g/mol. The molecule has 23 heavy (non-hydrogen) atoms. The van der Waals surface area contributed by atoms with Crippen molar-refractivity contribution in [2.45, 2.75) is 11.3 Å². The molecule has 2 aromatic rings. The van der Waals surface area contributed by atoms with Crippen LogP contribution < -0.4 is 5.32 Å². The highest BCUT2D eigenvalue weighted by Crippen LogP contribution is 2.36. The Bertz CT molecular complexity index is 848. The number of carbonyl (C=O) groups is 2. The standard InChI is InChI=1S/C17H11ClN2O2S/c18-9-5-7-10(8-6-9)19-17-20-13-14(21)11-3-1-2-4-12(11)15(22)16(13)23-17/h1-8,13,16H,(H,19,20). The van der Waals surface area contributed by atoms with Crippen molar-refractivity contribution >= 4 is 45.8 Å². The second-order valence-electron chi connectivity index (χ2n) is 5.32. The number of Topliss-reactive ketones (excluding diaryl/α,β-unsaturated/α-hetero) is 2. The Morgan fingerprint density at radius 2 is 1.61 bits per heavy atom. The van der Waals surface area contributed by atoms with Gasteiger partial charge < -0.3 is 5.32 Å². The summed E-state index contributed by atoms with van der Waals surface area (Å²) in [6.07, 6.45) is 0. The number of amidine groups is 1. The summed E-state index contributed by atoms with van der Waals surface area (Å²) in [7, 11) is 0. The maximum Gasteiger partial charge on any atom is 0.189 e. The van der Waals surface area contributed by atoms with Gasteiger partial charge in [0.15, 0.2) is 16.7 Å². The highest BCUT2D eigenvalue weighted by molar-refractivity contribution is 8.15. The Morgan fingerprint density at radius 3 is 2.30 bits per heavy atom. The summed E-state index contributed by atoms with van der Waals surface area (Å²) in [5, 5.41) is 3.89. The van der Waals surface area contributed by atoms with Gasteiger partial charge in [-0.25, -0.2) is 4.99 Å². The number of nitrogens with one attached hydrogen (secondary N) is 1. The first-order valence-corrected chi connectivity index (χ1v) is 8.34. The van der Waals surface area contributed by atoms with Gasteiger partial charge in [-0.1, -0.05) is 47.6 Å². The minimum atomic E-state index is -0.641. The average Bonchev–Trinajstić information content (AvgIpc) is 2.99. The number of anilines is 1. The van der Waals surface area contributed by atoms with E-state index in [0.29, 0.717) is 21.3 Å². The van der Waals surface area contributed by atoms with Crippen LogP contribution in [0.25, 0.3) is 0 Å². The highest BCUT2D eigenvalue weighted by atomic mass is 35.5. The topological polar surface area (TPSA) is 58.5 Å². The van der Waals surface area contributed by atoms with Crippen molar-refractivity contribution in [3.8, 4) is 0 Å². The van der Waals surface area contributed by atoms with E-state index in [1.54, 1.807) is 36.4 Å². The van der Waals surface area contributed by atoms with Gasteiger partial charge in [0.1, 0.15) is 11.3 Å². The quantitative estimate of drug-likeness (QED) is 0.859. The molecule has 1 aliphatic carbocycles. The summed E-state index contributed by atoms with van der Waals surface area (Å²) in [5.74, 6) is -0.127. The molecular formula is C17H11ClN2O2S. The molecule has 6 heteroatoms. The van der Waals surface area contributed by atoms with Crippen LogP contribution in [0.5, 0.6) is 0 Å². The van der Waals surface area contributed by atoms with E-state index >= 15 is 0 Å². The summed E-state index contributed by atoms with van der Waals surface area (Å²) in [5.41, 5.74) is 1.78. The van der Waals surface area contributed by atoms with E-state index in [4.69, 9.17) is 11.6 Å². The molecule has 0 bridgehead atoms. The van der Waals surface area contributed by atoms with Crippen molar-refractivity contribution in [3.05, 3.63) is 64.7 Å². The summed E-state index contributed by atoms with van der Waals surface area (Å²) >= 11 is 7.17. The van der Waals surface area contributed by atoms with Crippen LogP contribution in [0.2, 0.25) is 5.02 Å². The van der Waals surface area contributed by atoms with Crippen LogP contribution in [0.15, 0.2) is 53.5 Å². The maximum absolute atomic E-state index is 12.6. The predicted octanol–water partition coefficient (Wildman–Crippen LogP) is 3.67. The van der Waals surface area contributed by atoms with Crippen LogP contribution in [-0.2, 0) is 0 Å². The number of halogens is 1. The molecule has 1 heterocycles. The molecule has 2 unspecified atom stereocenters. The molecule has 4 rings (SSSR count). The lowest BCUT2D eigenvalue weighted by molar-refractivity contribution is 0.0879. The van der Waals surface area contributed by atoms with Gasteiger partial charge in [-0.2, -0.15) is 0 Å². The third kappa shape index (κ3) is 2.46. The van der Waals surface area contributed by atoms with Gasteiger partial charge in [0.2, 0.25) is 0 Å². The fraction of sp³-hybridized carbons (Fsp3) is 0.118. The normalized spacial score (nSPS) is 22.4. The third-order valence-electron chi connectivity index (χ3n) is 3.86. The number of thioether (sulfide) groups is 1. The molecule has 114 valence electrons. The summed E-state index contributed by atoms with van der Waals surface area (Å²) in [6, 6.07) is 13.5. The molecule has 0 amide bonds. The highest BCUT2D eigenvalue weighted by Gasteiger charge is 2.46. The van der Waals surface area contributed by atoms with Gasteiger partial charge in [-0.3, -0.25) is 9.59 Å². The molecule has 0 spiro atoms. The maximum atomic E-state index is 12.6. The van der Waals surface area contributed by atoms with Crippen molar-refractivity contribution < 1.29 is 9.59 Å². The van der Waals surface area contributed by atoms with Gasteiger partial charge in [0, 0.05) is 21.8 Å². The molecule has 1 N–H and O–H groups in total. The average molecular weight is 343 g/mol. The number of hydrogen-bond acceptors (Lipinski definition) is 5. The Labute approximate surface area is 141 Å². The minimum Gasteiger partial charge on any atom is -0.335 e. The van der Waals surface area contributed by atoms with Crippen molar-refractivity contribution in [1.82, 2.24) is 0 Å². The van der Waals surface area contributed by atoms with Crippen molar-refractivity contribution in [1.29, 1.82) is 0 Å². The fourth-order valence-electron chi connectivity index (χ4n) is 2.75. The molecule has 0 saturated heterocycles. The molecule has 0 fully saturated rings. The Balaban J connectivity index is 1.62.